The maximum atomic E-state index is 13.9. The molecule has 0 radical (unpaired) electrons. The van der Waals surface area contributed by atoms with E-state index in [9.17, 15) is 57.8 Å². The van der Waals surface area contributed by atoms with Crippen molar-refractivity contribution >= 4 is 75.9 Å². The number of carboxylic acid groups (broad SMARTS) is 1. The van der Waals surface area contributed by atoms with Crippen molar-refractivity contribution in [2.24, 2.45) is 23.1 Å². The number of hydrogen-bond donors (Lipinski definition) is 12. The van der Waals surface area contributed by atoms with Gasteiger partial charge in [0.1, 0.15) is 36.3 Å². The number of para-hydroxylation sites is 1. The molecule has 0 spiro atoms. The Hall–Kier alpha value is -7.07. The molecule has 10 amide bonds. The van der Waals surface area contributed by atoms with Crippen LogP contribution in [0.25, 0.3) is 10.9 Å². The van der Waals surface area contributed by atoms with Gasteiger partial charge in [0, 0.05) is 36.5 Å². The average molecular weight is 828 g/mol. The lowest BCUT2D eigenvalue weighted by Crippen LogP contribution is -2.61. The van der Waals surface area contributed by atoms with E-state index in [1.807, 2.05) is 0 Å². The standard InChI is InChI=1S/C36H49N11O12/c1-3-16(2)30-36(59)46-23(13-27(39)50)34(57)44-22(12-26(38)49)33(56)43-21(11-25(37)48)31(54)40-9-8-28(51)42-20(10-17-15-41-19-7-5-4-6-18(17)19)32(55)45-24(14-29(52)53)35(58)47-30/h4-7,15-16,20-24,30,41H,3,8-14H2,1-2H3,(H2,37,48)(H2,38,49)(H2,39,50)(H,40,54)(H,42,51)(H,43,56)(H,44,57)(H,45,55)(H,46,59)(H,47,58)(H,52,53)/t16-,20-,21-,22-,23-,24-,30-/m0/s1. The quantitative estimate of drug-likeness (QED) is 0.0961. The maximum absolute atomic E-state index is 13.9. The highest BCUT2D eigenvalue weighted by Crippen LogP contribution is 2.19. The first-order chi connectivity index (χ1) is 27.8. The molecule has 1 fully saturated rings. The fourth-order valence-corrected chi connectivity index (χ4v) is 6.07. The third-order valence-corrected chi connectivity index (χ3v) is 9.32. The molecular weight excluding hydrogens is 778 g/mol. The van der Waals surface area contributed by atoms with Gasteiger partial charge >= 0.3 is 5.97 Å². The highest BCUT2D eigenvalue weighted by molar-refractivity contribution is 6.00. The van der Waals surface area contributed by atoms with Gasteiger partial charge in [-0.25, -0.2) is 0 Å². The predicted octanol–water partition coefficient (Wildman–Crippen LogP) is -4.71. The van der Waals surface area contributed by atoms with Gasteiger partial charge in [0.15, 0.2) is 0 Å². The van der Waals surface area contributed by atoms with E-state index in [4.69, 9.17) is 17.2 Å². The van der Waals surface area contributed by atoms with Crippen molar-refractivity contribution in [3.63, 3.8) is 0 Å². The zero-order valence-corrected chi connectivity index (χ0v) is 32.3. The molecule has 0 bridgehead atoms. The van der Waals surface area contributed by atoms with Crippen molar-refractivity contribution in [2.75, 3.05) is 6.54 Å². The van der Waals surface area contributed by atoms with Gasteiger partial charge in [-0.3, -0.25) is 52.7 Å². The molecule has 1 aliphatic heterocycles. The number of hydrogen-bond acceptors (Lipinski definition) is 11. The molecule has 0 aliphatic carbocycles. The number of fused-ring (bicyclic) bond motifs is 1. The van der Waals surface area contributed by atoms with E-state index in [1.54, 1.807) is 37.4 Å². The fraction of sp³-hybridized carbons (Fsp3) is 0.472. The molecule has 0 unspecified atom stereocenters. The number of rotatable bonds is 12. The number of carboxylic acids is 1. The Labute approximate surface area is 336 Å². The second-order valence-corrected chi connectivity index (χ2v) is 14.0. The second-order valence-electron chi connectivity index (χ2n) is 14.0. The van der Waals surface area contributed by atoms with Crippen molar-refractivity contribution in [3.05, 3.63) is 36.0 Å². The second kappa shape index (κ2) is 21.5. The Morgan fingerprint density at radius 1 is 0.661 bits per heavy atom. The van der Waals surface area contributed by atoms with Crippen LogP contribution in [-0.4, -0.2) is 118 Å². The van der Waals surface area contributed by atoms with Crippen LogP contribution in [0.15, 0.2) is 30.5 Å². The molecule has 1 saturated heterocycles. The summed E-state index contributed by atoms with van der Waals surface area (Å²) in [6.45, 7) is 2.75. The molecule has 320 valence electrons. The molecule has 2 heterocycles. The summed E-state index contributed by atoms with van der Waals surface area (Å²) in [7, 11) is 0. The molecule has 2 aromatic rings. The summed E-state index contributed by atoms with van der Waals surface area (Å²) < 4.78 is 0. The maximum Gasteiger partial charge on any atom is 0.305 e. The van der Waals surface area contributed by atoms with Crippen LogP contribution in [0.1, 0.15) is 57.9 Å². The lowest BCUT2D eigenvalue weighted by molar-refractivity contribution is -0.142. The number of aromatic nitrogens is 1. The summed E-state index contributed by atoms with van der Waals surface area (Å²) in [6, 6.07) is -3.15. The Balaban J connectivity index is 2.10. The number of aromatic amines is 1. The molecule has 23 nitrogen and oxygen atoms in total. The summed E-state index contributed by atoms with van der Waals surface area (Å²) in [5, 5.41) is 26.7. The molecule has 3 rings (SSSR count). The minimum atomic E-state index is -1.85. The van der Waals surface area contributed by atoms with E-state index in [0.29, 0.717) is 16.5 Å². The Kier molecular flexibility index (Phi) is 16.8. The van der Waals surface area contributed by atoms with Crippen molar-refractivity contribution in [1.29, 1.82) is 0 Å². The SMILES string of the molecule is CC[C@H](C)[C@@H]1NC(=O)[C@H](CC(=O)O)NC(=O)[C@H](Cc2c[nH]c3ccccc23)NC(=O)CCNC(=O)[C@H](CC(N)=O)NC(=O)[C@H](CC(N)=O)NC(=O)[C@H](CC(N)=O)NC1=O. The van der Waals surface area contributed by atoms with Gasteiger partial charge in [0.05, 0.1) is 25.7 Å². The van der Waals surface area contributed by atoms with Crippen LogP contribution in [0.2, 0.25) is 0 Å². The van der Waals surface area contributed by atoms with Crippen LogP contribution >= 0.6 is 0 Å². The number of aliphatic carboxylic acids is 1. The van der Waals surface area contributed by atoms with E-state index in [0.717, 1.165) is 0 Å². The Morgan fingerprint density at radius 3 is 1.66 bits per heavy atom. The van der Waals surface area contributed by atoms with Crippen LogP contribution in [-0.2, 0) is 59.2 Å². The van der Waals surface area contributed by atoms with E-state index in [-0.39, 0.29) is 12.8 Å². The summed E-state index contributed by atoms with van der Waals surface area (Å²) in [5.74, 6) is -13.0. The van der Waals surface area contributed by atoms with Gasteiger partial charge in [-0.15, -0.1) is 0 Å². The van der Waals surface area contributed by atoms with E-state index >= 15 is 0 Å². The monoisotopic (exact) mass is 827 g/mol. The molecule has 59 heavy (non-hydrogen) atoms. The number of carbonyl (C=O) groups is 11. The average Bonchev–Trinajstić information content (AvgIpc) is 3.56. The van der Waals surface area contributed by atoms with Gasteiger partial charge in [0.2, 0.25) is 59.1 Å². The van der Waals surface area contributed by atoms with E-state index in [2.05, 4.69) is 42.2 Å². The summed E-state index contributed by atoms with van der Waals surface area (Å²) in [4.78, 5) is 146. The molecule has 7 atom stereocenters. The Bertz CT molecular complexity index is 1970. The first-order valence-electron chi connectivity index (χ1n) is 18.5. The highest BCUT2D eigenvalue weighted by Gasteiger charge is 2.37. The van der Waals surface area contributed by atoms with Gasteiger partial charge in [-0.05, 0) is 17.5 Å². The number of carbonyl (C=O) groups excluding carboxylic acids is 10. The van der Waals surface area contributed by atoms with Crippen LogP contribution in [0.3, 0.4) is 0 Å². The number of benzene rings is 1. The minimum absolute atomic E-state index is 0.171. The normalized spacial score (nSPS) is 23.7. The number of nitrogens with two attached hydrogens (primary N) is 3. The number of nitrogens with one attached hydrogen (secondary N) is 8. The Morgan fingerprint density at radius 2 is 1.14 bits per heavy atom. The first kappa shape index (κ1) is 46.3. The van der Waals surface area contributed by atoms with Gasteiger partial charge < -0.3 is 64.5 Å². The third kappa shape index (κ3) is 14.1. The molecule has 0 saturated carbocycles. The van der Waals surface area contributed by atoms with Gasteiger partial charge in [-0.1, -0.05) is 38.5 Å². The first-order valence-corrected chi connectivity index (χ1v) is 18.5. The lowest BCUT2D eigenvalue weighted by Gasteiger charge is -2.29. The zero-order valence-electron chi connectivity index (χ0n) is 32.3. The summed E-state index contributed by atoms with van der Waals surface area (Å²) in [6.07, 6.45) is -2.33. The molecular formula is C36H49N11O12. The molecule has 23 heteroatoms. The van der Waals surface area contributed by atoms with Crippen LogP contribution < -0.4 is 54.4 Å². The molecule has 1 aromatic carbocycles. The van der Waals surface area contributed by atoms with Crippen LogP contribution in [0, 0.1) is 5.92 Å². The number of amides is 10. The molecule has 15 N–H and O–H groups in total. The minimum Gasteiger partial charge on any atom is -0.481 e. The topological polar surface area (TPSA) is 386 Å². The zero-order chi connectivity index (χ0) is 44.0. The van der Waals surface area contributed by atoms with Gasteiger partial charge in [0.25, 0.3) is 0 Å². The van der Waals surface area contributed by atoms with Crippen molar-refractivity contribution in [1.82, 2.24) is 42.2 Å². The van der Waals surface area contributed by atoms with E-state index < -0.39 is 146 Å². The third-order valence-electron chi connectivity index (χ3n) is 9.32. The fourth-order valence-electron chi connectivity index (χ4n) is 6.07. The smallest absolute Gasteiger partial charge is 0.305 e. The largest absolute Gasteiger partial charge is 0.481 e. The summed E-state index contributed by atoms with van der Waals surface area (Å²) in [5.41, 5.74) is 17.2. The molecule has 1 aromatic heterocycles. The van der Waals surface area contributed by atoms with Gasteiger partial charge in [-0.2, -0.15) is 0 Å². The van der Waals surface area contributed by atoms with Crippen molar-refractivity contribution in [3.8, 4) is 0 Å². The predicted molar refractivity (Wildman–Crippen MR) is 204 cm³/mol. The molecule has 1 aliphatic rings. The summed E-state index contributed by atoms with van der Waals surface area (Å²) >= 11 is 0. The number of primary amides is 3. The van der Waals surface area contributed by atoms with E-state index in [1.165, 1.54) is 6.92 Å². The van der Waals surface area contributed by atoms with Crippen LogP contribution in [0.5, 0.6) is 0 Å². The number of H-pyrrole nitrogens is 1. The van der Waals surface area contributed by atoms with Crippen molar-refractivity contribution in [2.45, 2.75) is 95.0 Å². The van der Waals surface area contributed by atoms with Crippen molar-refractivity contribution < 1.29 is 57.8 Å². The van der Waals surface area contributed by atoms with Crippen LogP contribution in [0.4, 0.5) is 0 Å². The lowest BCUT2D eigenvalue weighted by atomic mass is 9.96. The highest BCUT2D eigenvalue weighted by atomic mass is 16.4.